The number of rotatable bonds is 0. The quantitative estimate of drug-likeness (QED) is 0.448. The molecule has 3 atom stereocenters. The number of hydrogen-bond donors (Lipinski definition) is 0. The molecule has 0 aliphatic carbocycles. The molecule has 46 valence electrons. The second kappa shape index (κ2) is 2.02. The third-order valence-corrected chi connectivity index (χ3v) is 3.17. The molecule has 0 saturated carbocycles. The van der Waals surface area contributed by atoms with Crippen molar-refractivity contribution in [1.82, 2.24) is 0 Å². The van der Waals surface area contributed by atoms with E-state index in [9.17, 15) is 4.21 Å². The average Bonchev–Trinajstić information content (AvgIpc) is 1.98. The van der Waals surface area contributed by atoms with E-state index in [1.807, 2.05) is 26.0 Å². The fourth-order valence-corrected chi connectivity index (χ4v) is 1.97. The number of hydrogen-bond acceptors (Lipinski definition) is 1. The van der Waals surface area contributed by atoms with Crippen LogP contribution in [0.15, 0.2) is 12.2 Å². The smallest absolute Gasteiger partial charge is 0.0505 e. The van der Waals surface area contributed by atoms with E-state index in [0.717, 1.165) is 0 Å². The Labute approximate surface area is 52.2 Å². The molecule has 1 aliphatic heterocycles. The highest BCUT2D eigenvalue weighted by Gasteiger charge is 2.18. The van der Waals surface area contributed by atoms with Crippen LogP contribution in [-0.2, 0) is 10.8 Å². The maximum Gasteiger partial charge on any atom is 0.0505 e. The first kappa shape index (κ1) is 6.02. The van der Waals surface area contributed by atoms with Crippen molar-refractivity contribution in [3.8, 4) is 0 Å². The average molecular weight is 130 g/mol. The summed E-state index contributed by atoms with van der Waals surface area (Å²) in [6, 6.07) is 0. The van der Waals surface area contributed by atoms with E-state index < -0.39 is 10.8 Å². The molecule has 0 fully saturated rings. The summed E-state index contributed by atoms with van der Waals surface area (Å²) in [4.78, 5) is 0. The Balaban J connectivity index is 2.70. The minimum atomic E-state index is -0.623. The van der Waals surface area contributed by atoms with Gasteiger partial charge in [-0.25, -0.2) is 0 Å². The van der Waals surface area contributed by atoms with Gasteiger partial charge in [-0.3, -0.25) is 4.21 Å². The van der Waals surface area contributed by atoms with Crippen LogP contribution in [0.3, 0.4) is 0 Å². The second-order valence-electron chi connectivity index (χ2n) is 2.12. The van der Waals surface area contributed by atoms with Crippen LogP contribution in [0.1, 0.15) is 13.8 Å². The van der Waals surface area contributed by atoms with Gasteiger partial charge in [0.05, 0.1) is 10.5 Å². The Morgan fingerprint density at radius 1 is 1.25 bits per heavy atom. The van der Waals surface area contributed by atoms with Gasteiger partial charge in [0.25, 0.3) is 0 Å². The standard InChI is InChI=1S/C6H10OS/c1-5-3-4-6(2)8(5)7/h3-6H,1-2H3/t5-,6+,8?. The van der Waals surface area contributed by atoms with Crippen LogP contribution in [0.2, 0.25) is 0 Å². The predicted molar refractivity (Wildman–Crippen MR) is 36.2 cm³/mol. The summed E-state index contributed by atoms with van der Waals surface area (Å²) in [6.45, 7) is 3.96. The molecule has 2 heteroatoms. The summed E-state index contributed by atoms with van der Waals surface area (Å²) in [6.07, 6.45) is 4.03. The summed E-state index contributed by atoms with van der Waals surface area (Å²) in [5.74, 6) is 0. The molecule has 0 radical (unpaired) electrons. The van der Waals surface area contributed by atoms with Crippen molar-refractivity contribution in [2.24, 2.45) is 0 Å². The highest BCUT2D eigenvalue weighted by molar-refractivity contribution is 7.86. The van der Waals surface area contributed by atoms with E-state index in [0.29, 0.717) is 0 Å². The first-order chi connectivity index (χ1) is 3.72. The molecule has 1 heterocycles. The van der Waals surface area contributed by atoms with E-state index in [2.05, 4.69) is 0 Å². The maximum atomic E-state index is 11.0. The van der Waals surface area contributed by atoms with Crippen LogP contribution in [0, 0.1) is 0 Å². The van der Waals surface area contributed by atoms with Crippen molar-refractivity contribution >= 4 is 10.8 Å². The molecule has 1 nitrogen and oxygen atoms in total. The summed E-state index contributed by atoms with van der Waals surface area (Å²) in [5, 5.41) is 0.565. The Morgan fingerprint density at radius 3 is 1.75 bits per heavy atom. The second-order valence-corrected chi connectivity index (χ2v) is 4.27. The van der Waals surface area contributed by atoms with Crippen LogP contribution in [0.25, 0.3) is 0 Å². The molecule has 1 aliphatic rings. The van der Waals surface area contributed by atoms with Crippen LogP contribution < -0.4 is 0 Å². The van der Waals surface area contributed by atoms with E-state index in [1.165, 1.54) is 0 Å². The Kier molecular flexibility index (Phi) is 1.52. The molecule has 0 bridgehead atoms. The Bertz CT molecular complexity index is 125. The van der Waals surface area contributed by atoms with Gasteiger partial charge in [0.1, 0.15) is 0 Å². The first-order valence-electron chi connectivity index (χ1n) is 2.79. The monoisotopic (exact) mass is 130 g/mol. The van der Waals surface area contributed by atoms with Gasteiger partial charge in [-0.1, -0.05) is 12.2 Å². The topological polar surface area (TPSA) is 17.1 Å². The van der Waals surface area contributed by atoms with E-state index in [-0.39, 0.29) is 10.5 Å². The molecule has 0 aromatic rings. The Morgan fingerprint density at radius 2 is 1.62 bits per heavy atom. The largest absolute Gasteiger partial charge is 0.258 e. The summed E-state index contributed by atoms with van der Waals surface area (Å²) < 4.78 is 11.0. The van der Waals surface area contributed by atoms with E-state index in [1.54, 1.807) is 0 Å². The van der Waals surface area contributed by atoms with Crippen molar-refractivity contribution < 1.29 is 4.21 Å². The molecule has 0 amide bonds. The highest BCUT2D eigenvalue weighted by atomic mass is 32.2. The molecule has 0 aromatic carbocycles. The molecule has 8 heavy (non-hydrogen) atoms. The molecule has 0 spiro atoms. The zero-order valence-electron chi connectivity index (χ0n) is 5.13. The molecular weight excluding hydrogens is 120 g/mol. The van der Waals surface area contributed by atoms with E-state index in [4.69, 9.17) is 0 Å². The van der Waals surface area contributed by atoms with Gasteiger partial charge in [0.15, 0.2) is 0 Å². The zero-order valence-corrected chi connectivity index (χ0v) is 5.94. The van der Waals surface area contributed by atoms with Crippen molar-refractivity contribution in [2.75, 3.05) is 0 Å². The minimum Gasteiger partial charge on any atom is -0.258 e. The lowest BCUT2D eigenvalue weighted by Gasteiger charge is -1.99. The van der Waals surface area contributed by atoms with Gasteiger partial charge in [-0.2, -0.15) is 0 Å². The molecular formula is C6H10OS. The van der Waals surface area contributed by atoms with Crippen LogP contribution in [0.5, 0.6) is 0 Å². The van der Waals surface area contributed by atoms with Crippen LogP contribution >= 0.6 is 0 Å². The van der Waals surface area contributed by atoms with Gasteiger partial charge >= 0.3 is 0 Å². The molecule has 0 saturated heterocycles. The van der Waals surface area contributed by atoms with E-state index >= 15 is 0 Å². The van der Waals surface area contributed by atoms with Gasteiger partial charge in [0, 0.05) is 10.8 Å². The SMILES string of the molecule is C[C@@H]1C=C[C@H](C)S1=O. The van der Waals surface area contributed by atoms with Crippen molar-refractivity contribution in [1.29, 1.82) is 0 Å². The highest BCUT2D eigenvalue weighted by Crippen LogP contribution is 2.13. The van der Waals surface area contributed by atoms with Gasteiger partial charge < -0.3 is 0 Å². The third kappa shape index (κ3) is 0.848. The minimum absolute atomic E-state index is 0.282. The molecule has 0 N–H and O–H groups in total. The zero-order chi connectivity index (χ0) is 6.15. The normalized spacial score (nSPS) is 45.5. The summed E-state index contributed by atoms with van der Waals surface area (Å²) in [5.41, 5.74) is 0. The molecule has 1 unspecified atom stereocenters. The fourth-order valence-electron chi connectivity index (χ4n) is 0.806. The lowest BCUT2D eigenvalue weighted by atomic mass is 10.4. The van der Waals surface area contributed by atoms with Crippen molar-refractivity contribution in [3.63, 3.8) is 0 Å². The van der Waals surface area contributed by atoms with Crippen molar-refractivity contribution in [2.45, 2.75) is 24.3 Å². The molecule has 0 aromatic heterocycles. The van der Waals surface area contributed by atoms with Crippen molar-refractivity contribution in [3.05, 3.63) is 12.2 Å². The van der Waals surface area contributed by atoms with Gasteiger partial charge in [-0.15, -0.1) is 0 Å². The van der Waals surface area contributed by atoms with Gasteiger partial charge in [-0.05, 0) is 13.8 Å². The third-order valence-electron chi connectivity index (χ3n) is 1.39. The van der Waals surface area contributed by atoms with Gasteiger partial charge in [0.2, 0.25) is 0 Å². The summed E-state index contributed by atoms with van der Waals surface area (Å²) in [7, 11) is -0.623. The fraction of sp³-hybridized carbons (Fsp3) is 0.667. The predicted octanol–water partition coefficient (Wildman–Crippen LogP) is 1.08. The first-order valence-corrected chi connectivity index (χ1v) is 4.07. The lowest BCUT2D eigenvalue weighted by molar-refractivity contribution is 0.679. The Hall–Kier alpha value is -0.110. The summed E-state index contributed by atoms with van der Waals surface area (Å²) >= 11 is 0. The maximum absolute atomic E-state index is 11.0. The van der Waals surface area contributed by atoms with Crippen LogP contribution in [0.4, 0.5) is 0 Å². The molecule has 1 rings (SSSR count). The lowest BCUT2D eigenvalue weighted by Crippen LogP contribution is -2.09. The van der Waals surface area contributed by atoms with Crippen LogP contribution in [-0.4, -0.2) is 14.7 Å².